The molecule has 0 atom stereocenters. The molecule has 2 aromatic carbocycles. The molecule has 1 aliphatic heterocycles. The van der Waals surface area contributed by atoms with Gasteiger partial charge in [0.1, 0.15) is 17.4 Å². The molecule has 3 heterocycles. The quantitative estimate of drug-likeness (QED) is 0.450. The average Bonchev–Trinajstić information content (AvgIpc) is 3.29. The zero-order chi connectivity index (χ0) is 23.7. The third-order valence-electron chi connectivity index (χ3n) is 5.37. The first-order valence-electron chi connectivity index (χ1n) is 11.1. The number of nitrogens with one attached hydrogen (secondary N) is 1. The van der Waals surface area contributed by atoms with Gasteiger partial charge < -0.3 is 19.7 Å². The fraction of sp³-hybridized carbons (Fsp3) is 0.292. The lowest BCUT2D eigenvalue weighted by Gasteiger charge is -2.31. The molecule has 1 saturated heterocycles. The molecule has 10 heteroatoms. The lowest BCUT2D eigenvalue weighted by Crippen LogP contribution is -2.36. The van der Waals surface area contributed by atoms with E-state index in [1.165, 1.54) is 22.7 Å². The van der Waals surface area contributed by atoms with Crippen LogP contribution in [0, 0.1) is 11.6 Å². The van der Waals surface area contributed by atoms with Crippen molar-refractivity contribution in [3.63, 3.8) is 0 Å². The number of halogens is 2. The molecule has 2 aromatic heterocycles. The SMILES string of the molecule is CC(C)Oc1cc(Nc2nc(-c3c(F)cccc3F)nc3ccnn23)ccc1N1CCOCC1. The van der Waals surface area contributed by atoms with Gasteiger partial charge in [-0.2, -0.15) is 14.6 Å². The summed E-state index contributed by atoms with van der Waals surface area (Å²) in [6.07, 6.45) is 1.52. The Bertz CT molecular complexity index is 1300. The third-order valence-corrected chi connectivity index (χ3v) is 5.37. The molecule has 0 bridgehead atoms. The van der Waals surface area contributed by atoms with E-state index in [4.69, 9.17) is 9.47 Å². The van der Waals surface area contributed by atoms with E-state index < -0.39 is 11.6 Å². The summed E-state index contributed by atoms with van der Waals surface area (Å²) < 4.78 is 41.9. The monoisotopic (exact) mass is 466 g/mol. The Morgan fingerprint density at radius 3 is 2.53 bits per heavy atom. The van der Waals surface area contributed by atoms with E-state index in [9.17, 15) is 8.78 Å². The van der Waals surface area contributed by atoms with Crippen LogP contribution >= 0.6 is 0 Å². The molecular formula is C24H24F2N6O2. The first kappa shape index (κ1) is 22.0. The zero-order valence-corrected chi connectivity index (χ0v) is 18.8. The first-order chi connectivity index (χ1) is 16.5. The highest BCUT2D eigenvalue weighted by molar-refractivity contribution is 5.69. The number of nitrogens with zero attached hydrogens (tertiary/aromatic N) is 5. The molecule has 1 N–H and O–H groups in total. The Morgan fingerprint density at radius 1 is 1.03 bits per heavy atom. The number of hydrogen-bond donors (Lipinski definition) is 1. The minimum absolute atomic E-state index is 0.0254. The maximum Gasteiger partial charge on any atom is 0.232 e. The number of aromatic nitrogens is 4. The summed E-state index contributed by atoms with van der Waals surface area (Å²) in [5.41, 5.74) is 1.77. The highest BCUT2D eigenvalue weighted by atomic mass is 19.1. The van der Waals surface area contributed by atoms with Gasteiger partial charge >= 0.3 is 0 Å². The number of fused-ring (bicyclic) bond motifs is 1. The molecule has 0 unspecified atom stereocenters. The number of benzene rings is 2. The predicted octanol–water partition coefficient (Wildman–Crippen LogP) is 4.44. The molecule has 0 spiro atoms. The molecule has 0 amide bonds. The molecule has 0 radical (unpaired) electrons. The summed E-state index contributed by atoms with van der Waals surface area (Å²) in [5.74, 6) is -0.570. The van der Waals surface area contributed by atoms with Crippen LogP contribution < -0.4 is 15.0 Å². The normalized spacial score (nSPS) is 14.1. The van der Waals surface area contributed by atoms with Crippen molar-refractivity contribution in [2.75, 3.05) is 36.5 Å². The predicted molar refractivity (Wildman–Crippen MR) is 125 cm³/mol. The molecule has 1 aliphatic rings. The van der Waals surface area contributed by atoms with Gasteiger partial charge in [0, 0.05) is 30.9 Å². The summed E-state index contributed by atoms with van der Waals surface area (Å²) in [4.78, 5) is 10.9. The molecule has 34 heavy (non-hydrogen) atoms. The second-order valence-electron chi connectivity index (χ2n) is 8.14. The van der Waals surface area contributed by atoms with Gasteiger partial charge in [-0.3, -0.25) is 0 Å². The average molecular weight is 466 g/mol. The topological polar surface area (TPSA) is 76.8 Å². The standard InChI is InChI=1S/C24H24F2N6O2/c1-15(2)34-20-14-16(6-7-19(20)31-10-12-33-13-11-31)28-24-30-23(29-21-8-9-27-32(21)24)22-17(25)4-3-5-18(22)26/h3-9,14-15H,10-13H2,1-2H3,(H,28,29,30). The highest BCUT2D eigenvalue weighted by Gasteiger charge is 2.20. The Balaban J connectivity index is 1.54. The van der Waals surface area contributed by atoms with Crippen molar-refractivity contribution in [2.24, 2.45) is 0 Å². The molecule has 4 aromatic rings. The van der Waals surface area contributed by atoms with Gasteiger partial charge in [0.15, 0.2) is 11.5 Å². The lowest BCUT2D eigenvalue weighted by atomic mass is 10.2. The Labute approximate surface area is 195 Å². The molecule has 8 nitrogen and oxygen atoms in total. The summed E-state index contributed by atoms with van der Waals surface area (Å²) in [5, 5.41) is 7.45. The number of rotatable bonds is 6. The van der Waals surface area contributed by atoms with E-state index in [0.29, 0.717) is 30.3 Å². The van der Waals surface area contributed by atoms with Gasteiger partial charge in [-0.1, -0.05) is 6.07 Å². The van der Waals surface area contributed by atoms with Crippen LogP contribution in [0.1, 0.15) is 13.8 Å². The Kier molecular flexibility index (Phi) is 5.97. The fourth-order valence-corrected chi connectivity index (χ4v) is 3.86. The first-order valence-corrected chi connectivity index (χ1v) is 11.1. The van der Waals surface area contributed by atoms with Gasteiger partial charge in [0.05, 0.1) is 36.8 Å². The molecular weight excluding hydrogens is 442 g/mol. The van der Waals surface area contributed by atoms with Gasteiger partial charge in [0.25, 0.3) is 0 Å². The summed E-state index contributed by atoms with van der Waals surface area (Å²) in [6, 6.07) is 11.1. The minimum Gasteiger partial charge on any atom is -0.489 e. The van der Waals surface area contributed by atoms with Crippen LogP contribution in [0.15, 0.2) is 48.7 Å². The molecule has 1 fully saturated rings. The number of anilines is 3. The van der Waals surface area contributed by atoms with E-state index in [-0.39, 0.29) is 23.4 Å². The number of ether oxygens (including phenoxy) is 2. The van der Waals surface area contributed by atoms with Crippen LogP contribution in [0.5, 0.6) is 5.75 Å². The zero-order valence-electron chi connectivity index (χ0n) is 18.8. The summed E-state index contributed by atoms with van der Waals surface area (Å²) in [6.45, 7) is 6.81. The van der Waals surface area contributed by atoms with Crippen molar-refractivity contribution in [2.45, 2.75) is 20.0 Å². The van der Waals surface area contributed by atoms with Crippen molar-refractivity contribution >= 4 is 23.0 Å². The molecule has 0 saturated carbocycles. The van der Waals surface area contributed by atoms with Crippen molar-refractivity contribution in [3.8, 4) is 17.1 Å². The van der Waals surface area contributed by atoms with Crippen molar-refractivity contribution in [1.29, 1.82) is 0 Å². The second kappa shape index (κ2) is 9.22. The minimum atomic E-state index is -0.739. The summed E-state index contributed by atoms with van der Waals surface area (Å²) in [7, 11) is 0. The van der Waals surface area contributed by atoms with Crippen LogP contribution in [0.3, 0.4) is 0 Å². The van der Waals surface area contributed by atoms with Crippen LogP contribution in [-0.4, -0.2) is 52.0 Å². The van der Waals surface area contributed by atoms with Crippen LogP contribution in [0.2, 0.25) is 0 Å². The number of morpholine rings is 1. The van der Waals surface area contributed by atoms with E-state index in [2.05, 4.69) is 25.3 Å². The maximum absolute atomic E-state index is 14.4. The summed E-state index contributed by atoms with van der Waals surface area (Å²) >= 11 is 0. The van der Waals surface area contributed by atoms with Crippen LogP contribution in [-0.2, 0) is 4.74 Å². The Hall–Kier alpha value is -3.79. The third kappa shape index (κ3) is 4.36. The number of hydrogen-bond acceptors (Lipinski definition) is 7. The van der Waals surface area contributed by atoms with Crippen LogP contribution in [0.4, 0.5) is 26.1 Å². The lowest BCUT2D eigenvalue weighted by molar-refractivity contribution is 0.122. The van der Waals surface area contributed by atoms with Crippen LogP contribution in [0.25, 0.3) is 17.0 Å². The second-order valence-corrected chi connectivity index (χ2v) is 8.14. The maximum atomic E-state index is 14.4. The van der Waals surface area contributed by atoms with Crippen molar-refractivity contribution < 1.29 is 18.3 Å². The van der Waals surface area contributed by atoms with Gasteiger partial charge in [-0.15, -0.1) is 0 Å². The largest absolute Gasteiger partial charge is 0.489 e. The van der Waals surface area contributed by atoms with E-state index in [1.54, 1.807) is 12.3 Å². The molecule has 5 rings (SSSR count). The fourth-order valence-electron chi connectivity index (χ4n) is 3.86. The van der Waals surface area contributed by atoms with E-state index >= 15 is 0 Å². The Morgan fingerprint density at radius 2 is 1.79 bits per heavy atom. The molecule has 0 aliphatic carbocycles. The smallest absolute Gasteiger partial charge is 0.232 e. The van der Waals surface area contributed by atoms with Crippen molar-refractivity contribution in [1.82, 2.24) is 19.6 Å². The van der Waals surface area contributed by atoms with Gasteiger partial charge in [0.2, 0.25) is 5.95 Å². The van der Waals surface area contributed by atoms with E-state index in [0.717, 1.165) is 18.8 Å². The van der Waals surface area contributed by atoms with Gasteiger partial charge in [-0.25, -0.2) is 13.8 Å². The molecule has 176 valence electrons. The van der Waals surface area contributed by atoms with E-state index in [1.807, 2.05) is 32.0 Å². The van der Waals surface area contributed by atoms with Gasteiger partial charge in [-0.05, 0) is 38.1 Å². The highest BCUT2D eigenvalue weighted by Crippen LogP contribution is 2.34. The van der Waals surface area contributed by atoms with Crippen molar-refractivity contribution in [3.05, 3.63) is 60.3 Å².